The summed E-state index contributed by atoms with van der Waals surface area (Å²) >= 11 is 0. The first-order valence-electron chi connectivity index (χ1n) is 5.96. The number of rotatable bonds is 4. The first-order chi connectivity index (χ1) is 8.20. The molecule has 1 aromatic carbocycles. The van der Waals surface area contributed by atoms with E-state index in [1.54, 1.807) is 0 Å². The number of hydrogen-bond acceptors (Lipinski definition) is 2. The highest BCUT2D eigenvalue weighted by Gasteiger charge is 2.26. The Bertz CT molecular complexity index is 403. The van der Waals surface area contributed by atoms with E-state index in [1.807, 2.05) is 31.2 Å². The van der Waals surface area contributed by atoms with E-state index >= 15 is 0 Å². The molecule has 0 aromatic heterocycles. The van der Waals surface area contributed by atoms with Crippen molar-refractivity contribution in [3.63, 3.8) is 0 Å². The van der Waals surface area contributed by atoms with Crippen molar-refractivity contribution < 1.29 is 4.79 Å². The average Bonchev–Trinajstić information content (AvgIpc) is 2.72. The van der Waals surface area contributed by atoms with Crippen molar-refractivity contribution in [3.8, 4) is 0 Å². The maximum atomic E-state index is 12.0. The largest absolute Gasteiger partial charge is 0.373 e. The quantitative estimate of drug-likeness (QED) is 0.778. The zero-order valence-electron chi connectivity index (χ0n) is 10.1. The van der Waals surface area contributed by atoms with Crippen molar-refractivity contribution >= 4 is 11.6 Å². The summed E-state index contributed by atoms with van der Waals surface area (Å²) in [5.41, 5.74) is 2.29. The first kappa shape index (κ1) is 11.7. The lowest BCUT2D eigenvalue weighted by Gasteiger charge is -2.16. The van der Waals surface area contributed by atoms with Gasteiger partial charge in [-0.05, 0) is 25.0 Å². The fraction of sp³-hybridized carbons (Fsp3) is 0.357. The monoisotopic (exact) mass is 230 g/mol. The molecule has 2 N–H and O–H groups in total. The third kappa shape index (κ3) is 2.67. The molecule has 1 amide bonds. The van der Waals surface area contributed by atoms with E-state index in [2.05, 4.69) is 23.3 Å². The highest BCUT2D eigenvalue weighted by atomic mass is 16.2. The molecule has 2 rings (SSSR count). The molecule has 0 fully saturated rings. The molecule has 1 aliphatic heterocycles. The van der Waals surface area contributed by atoms with Crippen LogP contribution in [0.3, 0.4) is 0 Å². The molecule has 0 bridgehead atoms. The molecule has 3 nitrogen and oxygen atoms in total. The molecule has 1 heterocycles. The highest BCUT2D eigenvalue weighted by molar-refractivity contribution is 5.87. The number of carbonyl (C=O) groups excluding carboxylic acids is 1. The van der Waals surface area contributed by atoms with Crippen molar-refractivity contribution in [2.45, 2.75) is 31.8 Å². The SMILES string of the molecule is C=CCC(C)NC(=O)[C@@H]1Cc2ccccc2N1. The lowest BCUT2D eigenvalue weighted by atomic mass is 10.1. The van der Waals surface area contributed by atoms with Gasteiger partial charge < -0.3 is 10.6 Å². The van der Waals surface area contributed by atoms with Crippen LogP contribution < -0.4 is 10.6 Å². The summed E-state index contributed by atoms with van der Waals surface area (Å²) in [4.78, 5) is 12.0. The van der Waals surface area contributed by atoms with E-state index in [4.69, 9.17) is 0 Å². The number of amides is 1. The van der Waals surface area contributed by atoms with E-state index in [9.17, 15) is 4.79 Å². The summed E-state index contributed by atoms with van der Waals surface area (Å²) in [5, 5.41) is 6.23. The predicted octanol–water partition coefficient (Wildman–Crippen LogP) is 2.10. The van der Waals surface area contributed by atoms with Crippen LogP contribution in [0.2, 0.25) is 0 Å². The summed E-state index contributed by atoms with van der Waals surface area (Å²) in [6.45, 7) is 5.66. The maximum absolute atomic E-state index is 12.0. The second-order valence-electron chi connectivity index (χ2n) is 4.49. The Morgan fingerprint density at radius 2 is 2.41 bits per heavy atom. The van der Waals surface area contributed by atoms with Crippen LogP contribution in [0.25, 0.3) is 0 Å². The molecule has 2 atom stereocenters. The van der Waals surface area contributed by atoms with Crippen LogP contribution in [0.5, 0.6) is 0 Å². The highest BCUT2D eigenvalue weighted by Crippen LogP contribution is 2.25. The maximum Gasteiger partial charge on any atom is 0.243 e. The molecule has 3 heteroatoms. The van der Waals surface area contributed by atoms with Gasteiger partial charge in [0, 0.05) is 18.2 Å². The van der Waals surface area contributed by atoms with Gasteiger partial charge in [-0.3, -0.25) is 4.79 Å². The molecule has 17 heavy (non-hydrogen) atoms. The van der Waals surface area contributed by atoms with Crippen LogP contribution in [0.1, 0.15) is 18.9 Å². The van der Waals surface area contributed by atoms with Crippen molar-refractivity contribution in [1.82, 2.24) is 5.32 Å². The van der Waals surface area contributed by atoms with Gasteiger partial charge in [-0.1, -0.05) is 24.3 Å². The van der Waals surface area contributed by atoms with E-state index in [0.717, 1.165) is 18.5 Å². The van der Waals surface area contributed by atoms with Crippen molar-refractivity contribution in [1.29, 1.82) is 0 Å². The smallest absolute Gasteiger partial charge is 0.243 e. The number of anilines is 1. The van der Waals surface area contributed by atoms with Gasteiger partial charge in [0.15, 0.2) is 0 Å². The Morgan fingerprint density at radius 3 is 3.12 bits per heavy atom. The molecule has 0 saturated heterocycles. The minimum absolute atomic E-state index is 0.0653. The van der Waals surface area contributed by atoms with Crippen molar-refractivity contribution in [2.75, 3.05) is 5.32 Å². The lowest BCUT2D eigenvalue weighted by molar-refractivity contribution is -0.122. The fourth-order valence-electron chi connectivity index (χ4n) is 2.11. The van der Waals surface area contributed by atoms with E-state index in [-0.39, 0.29) is 18.0 Å². The molecule has 0 radical (unpaired) electrons. The molecule has 1 unspecified atom stereocenters. The molecule has 90 valence electrons. The van der Waals surface area contributed by atoms with Gasteiger partial charge in [0.2, 0.25) is 5.91 Å². The molecule has 0 spiro atoms. The summed E-state index contributed by atoms with van der Waals surface area (Å²) in [6, 6.07) is 8.05. The first-order valence-corrected chi connectivity index (χ1v) is 5.96. The molecular formula is C14H18N2O. The van der Waals surface area contributed by atoms with Gasteiger partial charge in [0.1, 0.15) is 6.04 Å². The normalized spacial score (nSPS) is 19.0. The number of nitrogens with one attached hydrogen (secondary N) is 2. The van der Waals surface area contributed by atoms with Gasteiger partial charge in [-0.15, -0.1) is 6.58 Å². The summed E-state index contributed by atoms with van der Waals surface area (Å²) in [7, 11) is 0. The van der Waals surface area contributed by atoms with Crippen LogP contribution in [0, 0.1) is 0 Å². The second-order valence-corrected chi connectivity index (χ2v) is 4.49. The number of hydrogen-bond donors (Lipinski definition) is 2. The Balaban J connectivity index is 1.94. The molecule has 0 aliphatic carbocycles. The third-order valence-electron chi connectivity index (χ3n) is 3.00. The summed E-state index contributed by atoms with van der Waals surface area (Å²) in [6.07, 6.45) is 3.38. The minimum Gasteiger partial charge on any atom is -0.373 e. The third-order valence-corrected chi connectivity index (χ3v) is 3.00. The number of fused-ring (bicyclic) bond motifs is 1. The van der Waals surface area contributed by atoms with Crippen LogP contribution in [0.15, 0.2) is 36.9 Å². The number of para-hydroxylation sites is 1. The number of benzene rings is 1. The van der Waals surface area contributed by atoms with Crippen LogP contribution in [-0.2, 0) is 11.2 Å². The Labute approximate surface area is 102 Å². The van der Waals surface area contributed by atoms with Crippen molar-refractivity contribution in [3.05, 3.63) is 42.5 Å². The Kier molecular flexibility index (Phi) is 3.47. The fourth-order valence-corrected chi connectivity index (χ4v) is 2.11. The van der Waals surface area contributed by atoms with Gasteiger partial charge in [0.05, 0.1) is 0 Å². The number of carbonyl (C=O) groups is 1. The topological polar surface area (TPSA) is 41.1 Å². The summed E-state index contributed by atoms with van der Waals surface area (Å²) < 4.78 is 0. The van der Waals surface area contributed by atoms with Gasteiger partial charge in [-0.2, -0.15) is 0 Å². The zero-order valence-corrected chi connectivity index (χ0v) is 10.1. The second kappa shape index (κ2) is 5.04. The summed E-state index contributed by atoms with van der Waals surface area (Å²) in [5.74, 6) is 0.0653. The molecule has 1 aromatic rings. The van der Waals surface area contributed by atoms with E-state index in [1.165, 1.54) is 5.56 Å². The van der Waals surface area contributed by atoms with E-state index in [0.29, 0.717) is 0 Å². The van der Waals surface area contributed by atoms with Crippen LogP contribution in [0.4, 0.5) is 5.69 Å². The Hall–Kier alpha value is -1.77. The van der Waals surface area contributed by atoms with Crippen LogP contribution >= 0.6 is 0 Å². The predicted molar refractivity (Wildman–Crippen MR) is 70.0 cm³/mol. The lowest BCUT2D eigenvalue weighted by Crippen LogP contribution is -2.42. The Morgan fingerprint density at radius 1 is 1.65 bits per heavy atom. The van der Waals surface area contributed by atoms with Crippen molar-refractivity contribution in [2.24, 2.45) is 0 Å². The van der Waals surface area contributed by atoms with Crippen LogP contribution in [-0.4, -0.2) is 18.0 Å². The molecule has 1 aliphatic rings. The van der Waals surface area contributed by atoms with Gasteiger partial charge in [-0.25, -0.2) is 0 Å². The molecular weight excluding hydrogens is 212 g/mol. The zero-order chi connectivity index (χ0) is 12.3. The standard InChI is InChI=1S/C14H18N2O/c1-3-6-10(2)15-14(17)13-9-11-7-4-5-8-12(11)16-13/h3-5,7-8,10,13,16H,1,6,9H2,2H3,(H,15,17)/t10?,13-/m0/s1. The average molecular weight is 230 g/mol. The minimum atomic E-state index is -0.139. The van der Waals surface area contributed by atoms with Gasteiger partial charge >= 0.3 is 0 Å². The van der Waals surface area contributed by atoms with Gasteiger partial charge in [0.25, 0.3) is 0 Å². The molecule has 0 saturated carbocycles. The van der Waals surface area contributed by atoms with E-state index < -0.39 is 0 Å².